The van der Waals surface area contributed by atoms with E-state index >= 15 is 0 Å². The minimum absolute atomic E-state index is 0.117. The quantitative estimate of drug-likeness (QED) is 0.0267. The van der Waals surface area contributed by atoms with Gasteiger partial charge in [-0.1, -0.05) is 233 Å². The number of allylic oxidation sites excluding steroid dienone is 16. The van der Waals surface area contributed by atoms with Gasteiger partial charge in [0.15, 0.2) is 6.29 Å². The molecule has 1 fully saturated rings. The first-order valence-corrected chi connectivity index (χ1v) is 29.3. The zero-order valence-corrected chi connectivity index (χ0v) is 45.9. The third kappa shape index (κ3) is 42.5. The van der Waals surface area contributed by atoms with E-state index in [1.807, 2.05) is 0 Å². The molecule has 0 spiro atoms. The van der Waals surface area contributed by atoms with Crippen molar-refractivity contribution in [2.24, 2.45) is 0 Å². The predicted octanol–water partition coefficient (Wildman–Crippen LogP) is 15.5. The summed E-state index contributed by atoms with van der Waals surface area (Å²) in [7, 11) is 0. The molecule has 0 aromatic rings. The van der Waals surface area contributed by atoms with Crippen molar-refractivity contribution >= 4 is 5.97 Å². The molecule has 4 N–H and O–H groups in total. The lowest BCUT2D eigenvalue weighted by Crippen LogP contribution is -2.59. The van der Waals surface area contributed by atoms with Crippen LogP contribution in [0.1, 0.15) is 232 Å². The Labute approximate surface area is 441 Å². The summed E-state index contributed by atoms with van der Waals surface area (Å²) in [6.45, 7) is 4.39. The minimum Gasteiger partial charge on any atom is -0.457 e. The van der Waals surface area contributed by atoms with E-state index in [0.29, 0.717) is 13.0 Å². The standard InChI is InChI=1S/C63H108O9/c1-3-5-7-9-11-13-15-17-19-21-23-25-27-28-29-31-33-35-37-39-41-43-45-47-49-51-53-69-55-57(56-70-63-62(68)61(67)60(66)58(54-64)72-63)71-59(65)52-50-48-46-44-42-40-38-36-34-32-30-26-24-22-20-18-16-14-12-10-8-6-4-2/h6,8,12,14,18,20-21,23-24,26,32,34,38,40,44,46,57-58,60-64,66-68H,3-5,7,9-11,13,15-17,19,22,25,27-31,33,35-37,39,41-43,45,47-56H2,1-2H3/b8-6-,14-12-,20-18-,23-21-,26-24-,34-32-,40-38-,46-44-. The molecule has 1 aliphatic rings. The minimum atomic E-state index is -1.55. The summed E-state index contributed by atoms with van der Waals surface area (Å²) >= 11 is 0. The van der Waals surface area contributed by atoms with Crippen molar-refractivity contribution in [3.05, 3.63) is 97.2 Å². The Kier molecular flexibility index (Phi) is 49.4. The molecule has 0 aliphatic carbocycles. The van der Waals surface area contributed by atoms with Gasteiger partial charge < -0.3 is 39.4 Å². The molecule has 6 unspecified atom stereocenters. The van der Waals surface area contributed by atoms with E-state index in [1.165, 1.54) is 141 Å². The largest absolute Gasteiger partial charge is 0.457 e. The topological polar surface area (TPSA) is 135 Å². The summed E-state index contributed by atoms with van der Waals surface area (Å²) in [5.74, 6) is -0.371. The molecule has 0 amide bonds. The van der Waals surface area contributed by atoms with Crippen molar-refractivity contribution in [3.8, 4) is 0 Å². The van der Waals surface area contributed by atoms with Crippen LogP contribution in [0.4, 0.5) is 0 Å². The number of hydrogen-bond acceptors (Lipinski definition) is 9. The van der Waals surface area contributed by atoms with Gasteiger partial charge in [-0.2, -0.15) is 0 Å². The van der Waals surface area contributed by atoms with E-state index in [1.54, 1.807) is 0 Å². The number of ether oxygens (including phenoxy) is 4. The number of aliphatic hydroxyl groups excluding tert-OH is 4. The average molecular weight is 1010 g/mol. The molecule has 72 heavy (non-hydrogen) atoms. The van der Waals surface area contributed by atoms with Crippen LogP contribution in [0.25, 0.3) is 0 Å². The van der Waals surface area contributed by atoms with E-state index in [4.69, 9.17) is 18.9 Å². The first-order valence-electron chi connectivity index (χ1n) is 29.3. The lowest BCUT2D eigenvalue weighted by Gasteiger charge is -2.39. The van der Waals surface area contributed by atoms with E-state index in [-0.39, 0.29) is 25.6 Å². The molecule has 1 heterocycles. The molecule has 1 saturated heterocycles. The second-order valence-electron chi connectivity index (χ2n) is 19.7. The predicted molar refractivity (Wildman–Crippen MR) is 302 cm³/mol. The molecule has 414 valence electrons. The van der Waals surface area contributed by atoms with Crippen LogP contribution >= 0.6 is 0 Å². The van der Waals surface area contributed by atoms with E-state index in [0.717, 1.165) is 64.2 Å². The maximum absolute atomic E-state index is 12.9. The summed E-state index contributed by atoms with van der Waals surface area (Å²) in [6, 6.07) is 0. The number of aliphatic hydroxyl groups is 4. The van der Waals surface area contributed by atoms with Crippen molar-refractivity contribution in [3.63, 3.8) is 0 Å². The number of esters is 1. The fourth-order valence-corrected chi connectivity index (χ4v) is 8.48. The lowest BCUT2D eigenvalue weighted by molar-refractivity contribution is -0.305. The van der Waals surface area contributed by atoms with Crippen LogP contribution in [0, 0.1) is 0 Å². The Morgan fingerprint density at radius 2 is 0.847 bits per heavy atom. The van der Waals surface area contributed by atoms with Crippen molar-refractivity contribution in [2.75, 3.05) is 26.4 Å². The number of carbonyl (C=O) groups excluding carboxylic acids is 1. The van der Waals surface area contributed by atoms with Gasteiger partial charge in [0.05, 0.1) is 19.8 Å². The Balaban J connectivity index is 2.20. The van der Waals surface area contributed by atoms with Gasteiger partial charge in [0.1, 0.15) is 30.5 Å². The van der Waals surface area contributed by atoms with Crippen LogP contribution < -0.4 is 0 Å². The van der Waals surface area contributed by atoms with Gasteiger partial charge in [0.25, 0.3) is 0 Å². The normalized spacial score (nSPS) is 19.4. The Morgan fingerprint density at radius 3 is 1.29 bits per heavy atom. The first-order chi connectivity index (χ1) is 35.4. The Morgan fingerprint density at radius 1 is 0.458 bits per heavy atom. The monoisotopic (exact) mass is 1010 g/mol. The summed E-state index contributed by atoms with van der Waals surface area (Å²) in [5.41, 5.74) is 0. The Bertz CT molecular complexity index is 1430. The molecule has 9 heteroatoms. The van der Waals surface area contributed by atoms with Gasteiger partial charge >= 0.3 is 5.97 Å². The maximum Gasteiger partial charge on any atom is 0.306 e. The lowest BCUT2D eigenvalue weighted by atomic mass is 9.99. The van der Waals surface area contributed by atoms with Gasteiger partial charge in [-0.3, -0.25) is 4.79 Å². The second-order valence-corrected chi connectivity index (χ2v) is 19.7. The van der Waals surface area contributed by atoms with Gasteiger partial charge in [0, 0.05) is 13.0 Å². The molecule has 0 aromatic heterocycles. The number of carbonyl (C=O) groups is 1. The van der Waals surface area contributed by atoms with Crippen molar-refractivity contribution in [1.82, 2.24) is 0 Å². The van der Waals surface area contributed by atoms with Crippen LogP contribution in [0.2, 0.25) is 0 Å². The van der Waals surface area contributed by atoms with Crippen LogP contribution in [-0.2, 0) is 23.7 Å². The van der Waals surface area contributed by atoms with Crippen molar-refractivity contribution in [1.29, 1.82) is 0 Å². The van der Waals surface area contributed by atoms with E-state index in [2.05, 4.69) is 111 Å². The third-order valence-corrected chi connectivity index (χ3v) is 13.0. The second kappa shape index (κ2) is 53.0. The highest BCUT2D eigenvalue weighted by Gasteiger charge is 2.44. The molecule has 9 nitrogen and oxygen atoms in total. The molecular formula is C63H108O9. The fourth-order valence-electron chi connectivity index (χ4n) is 8.48. The number of rotatable bonds is 50. The average Bonchev–Trinajstić information content (AvgIpc) is 3.38. The van der Waals surface area contributed by atoms with Crippen LogP contribution in [-0.4, -0.2) is 89.6 Å². The van der Waals surface area contributed by atoms with Gasteiger partial charge in [0.2, 0.25) is 0 Å². The van der Waals surface area contributed by atoms with Crippen molar-refractivity contribution < 1.29 is 44.2 Å². The SMILES string of the molecule is CC/C=C\C/C=C\C/C=C\C/C=C\C/C=C\C/C=C\C/C=C\CCCC(=O)OC(COCCCCCCCCCCCCCCCC/C=C\CCCCCCCCCC)COC1OC(CO)C(O)C(O)C1O. The number of hydrogen-bond donors (Lipinski definition) is 4. The molecule has 0 saturated carbocycles. The third-order valence-electron chi connectivity index (χ3n) is 13.0. The molecular weight excluding hydrogens is 901 g/mol. The summed E-state index contributed by atoms with van der Waals surface area (Å²) in [5, 5.41) is 40.4. The summed E-state index contributed by atoms with van der Waals surface area (Å²) in [6.07, 6.45) is 67.5. The van der Waals surface area contributed by atoms with Crippen LogP contribution in [0.5, 0.6) is 0 Å². The Hall–Kier alpha value is -2.89. The first kappa shape index (κ1) is 67.1. The molecule has 0 radical (unpaired) electrons. The zero-order valence-electron chi connectivity index (χ0n) is 45.9. The van der Waals surface area contributed by atoms with Gasteiger partial charge in [-0.15, -0.1) is 0 Å². The summed E-state index contributed by atoms with van der Waals surface area (Å²) in [4.78, 5) is 12.9. The van der Waals surface area contributed by atoms with Gasteiger partial charge in [-0.05, 0) is 89.9 Å². The highest BCUT2D eigenvalue weighted by molar-refractivity contribution is 5.69. The highest BCUT2D eigenvalue weighted by Crippen LogP contribution is 2.23. The van der Waals surface area contributed by atoms with E-state index in [9.17, 15) is 25.2 Å². The number of unbranched alkanes of at least 4 members (excludes halogenated alkanes) is 23. The maximum atomic E-state index is 12.9. The fraction of sp³-hybridized carbons (Fsp3) is 0.730. The molecule has 6 atom stereocenters. The smallest absolute Gasteiger partial charge is 0.306 e. The van der Waals surface area contributed by atoms with Crippen LogP contribution in [0.3, 0.4) is 0 Å². The van der Waals surface area contributed by atoms with Crippen molar-refractivity contribution in [2.45, 2.75) is 269 Å². The zero-order chi connectivity index (χ0) is 52.1. The highest BCUT2D eigenvalue weighted by atomic mass is 16.7. The molecule has 0 aromatic carbocycles. The van der Waals surface area contributed by atoms with Crippen LogP contribution in [0.15, 0.2) is 97.2 Å². The molecule has 1 aliphatic heterocycles. The van der Waals surface area contributed by atoms with Gasteiger partial charge in [-0.25, -0.2) is 0 Å². The summed E-state index contributed by atoms with van der Waals surface area (Å²) < 4.78 is 22.9. The molecule has 1 rings (SSSR count). The van der Waals surface area contributed by atoms with E-state index < -0.39 is 43.4 Å². The molecule has 0 bridgehead atoms.